The molecular weight excluding hydrogens is 200 g/mol. The highest BCUT2D eigenvalue weighted by atomic mass is 16.1. The summed E-state index contributed by atoms with van der Waals surface area (Å²) < 4.78 is 0. The number of aldehydes is 1. The van der Waals surface area contributed by atoms with Crippen molar-refractivity contribution in [2.45, 2.75) is 0 Å². The summed E-state index contributed by atoms with van der Waals surface area (Å²) in [5.74, 6) is 0. The van der Waals surface area contributed by atoms with E-state index < -0.39 is 0 Å². The Hall–Kier alpha value is -2.16. The first-order valence-electron chi connectivity index (χ1n) is 4.93. The molecule has 0 heterocycles. The van der Waals surface area contributed by atoms with Crippen LogP contribution >= 0.6 is 0 Å². The second-order valence-corrected chi connectivity index (χ2v) is 3.01. The average Bonchev–Trinajstić information content (AvgIpc) is 2.33. The molecule has 0 radical (unpaired) electrons. The smallest absolute Gasteiger partial charge is 0.152 e. The number of hydrogen-bond donors (Lipinski definition) is 1. The predicted molar refractivity (Wildman–Crippen MR) is 67.5 cm³/mol. The molecule has 1 aromatic carbocycles. The van der Waals surface area contributed by atoms with Crippen LogP contribution in [0.25, 0.3) is 0 Å². The standard InChI is InChI=1S/C13H14N2O/c1-14-11-15-13-9-7-5-3-2-4-6-8-12(13)10-16/h2-11H,1H3,(H,14,15). The minimum absolute atomic E-state index is 0.580. The molecule has 1 rings (SSSR count). The number of carbonyl (C=O) groups is 1. The van der Waals surface area contributed by atoms with Crippen LogP contribution in [0.1, 0.15) is 10.4 Å². The number of aliphatic imine (C=N–C) groups is 1. The summed E-state index contributed by atoms with van der Waals surface area (Å²) in [7, 11) is 1.66. The minimum Gasteiger partial charge on any atom is -0.346 e. The van der Waals surface area contributed by atoms with E-state index in [0.717, 1.165) is 12.0 Å². The van der Waals surface area contributed by atoms with Gasteiger partial charge in [0, 0.05) is 18.3 Å². The van der Waals surface area contributed by atoms with E-state index in [4.69, 9.17) is 0 Å². The van der Waals surface area contributed by atoms with Crippen molar-refractivity contribution >= 4 is 18.3 Å². The van der Waals surface area contributed by atoms with Crippen molar-refractivity contribution in [1.82, 2.24) is 0 Å². The number of anilines is 1. The number of carbonyl (C=O) groups excluding carboxylic acids is 1. The fraction of sp³-hybridized carbons (Fsp3) is 0.0769. The first-order chi connectivity index (χ1) is 7.88. The zero-order valence-corrected chi connectivity index (χ0v) is 9.13. The van der Waals surface area contributed by atoms with E-state index in [1.807, 2.05) is 42.5 Å². The SMILES string of the molecule is CN=CNc1ccccccccc1C=O. The van der Waals surface area contributed by atoms with Gasteiger partial charge in [-0.1, -0.05) is 36.4 Å². The Morgan fingerprint density at radius 1 is 1.06 bits per heavy atom. The van der Waals surface area contributed by atoms with Crippen LogP contribution in [0.15, 0.2) is 53.5 Å². The van der Waals surface area contributed by atoms with Gasteiger partial charge in [0.1, 0.15) is 0 Å². The van der Waals surface area contributed by atoms with E-state index in [9.17, 15) is 4.79 Å². The van der Waals surface area contributed by atoms with Gasteiger partial charge >= 0.3 is 0 Å². The van der Waals surface area contributed by atoms with E-state index in [1.54, 1.807) is 19.5 Å². The van der Waals surface area contributed by atoms with E-state index in [2.05, 4.69) is 10.3 Å². The molecule has 0 atom stereocenters. The molecule has 0 amide bonds. The maximum Gasteiger partial charge on any atom is 0.152 e. The van der Waals surface area contributed by atoms with Gasteiger partial charge in [-0.25, -0.2) is 0 Å². The van der Waals surface area contributed by atoms with Crippen LogP contribution in [0.3, 0.4) is 0 Å². The molecule has 0 saturated heterocycles. The molecule has 0 unspecified atom stereocenters. The van der Waals surface area contributed by atoms with Crippen molar-refractivity contribution in [2.24, 2.45) is 4.99 Å². The summed E-state index contributed by atoms with van der Waals surface area (Å²) in [5, 5.41) is 2.95. The van der Waals surface area contributed by atoms with Crippen LogP contribution in [-0.2, 0) is 0 Å². The van der Waals surface area contributed by atoms with E-state index in [0.29, 0.717) is 5.56 Å². The quantitative estimate of drug-likeness (QED) is 0.477. The number of hydrogen-bond acceptors (Lipinski definition) is 2. The van der Waals surface area contributed by atoms with Gasteiger partial charge in [-0.15, -0.1) is 0 Å². The molecule has 0 saturated carbocycles. The van der Waals surface area contributed by atoms with Gasteiger partial charge in [-0.2, -0.15) is 0 Å². The molecule has 3 heteroatoms. The number of nitrogens with zero attached hydrogens (tertiary/aromatic N) is 1. The molecular formula is C13H14N2O. The Labute approximate surface area is 95.2 Å². The lowest BCUT2D eigenvalue weighted by atomic mass is 10.2. The highest BCUT2D eigenvalue weighted by Gasteiger charge is 1.93. The van der Waals surface area contributed by atoms with Gasteiger partial charge in [-0.3, -0.25) is 9.79 Å². The second kappa shape index (κ2) is 7.17. The van der Waals surface area contributed by atoms with Crippen LogP contribution in [-0.4, -0.2) is 19.7 Å². The van der Waals surface area contributed by atoms with Crippen LogP contribution in [0.2, 0.25) is 0 Å². The van der Waals surface area contributed by atoms with Crippen molar-refractivity contribution in [3.8, 4) is 0 Å². The van der Waals surface area contributed by atoms with Gasteiger partial charge in [-0.05, 0) is 12.1 Å². The van der Waals surface area contributed by atoms with Crippen molar-refractivity contribution in [1.29, 1.82) is 0 Å². The minimum atomic E-state index is 0.580. The fourth-order valence-corrected chi connectivity index (χ4v) is 1.12. The first kappa shape index (κ1) is 11.9. The Kier molecular flexibility index (Phi) is 5.34. The topological polar surface area (TPSA) is 41.5 Å². The van der Waals surface area contributed by atoms with Crippen molar-refractivity contribution in [3.05, 3.63) is 54.1 Å². The highest BCUT2D eigenvalue weighted by Crippen LogP contribution is 2.08. The fourth-order valence-electron chi connectivity index (χ4n) is 1.12. The first-order valence-corrected chi connectivity index (χ1v) is 4.93. The third kappa shape index (κ3) is 3.92. The van der Waals surface area contributed by atoms with Gasteiger partial charge in [0.25, 0.3) is 0 Å². The van der Waals surface area contributed by atoms with Gasteiger partial charge in [0.05, 0.1) is 6.34 Å². The second-order valence-electron chi connectivity index (χ2n) is 3.01. The third-order valence-electron chi connectivity index (χ3n) is 1.88. The predicted octanol–water partition coefficient (Wildman–Crippen LogP) is 2.69. The molecule has 1 aromatic rings. The summed E-state index contributed by atoms with van der Waals surface area (Å²) in [4.78, 5) is 14.7. The van der Waals surface area contributed by atoms with Crippen molar-refractivity contribution < 1.29 is 4.79 Å². The molecule has 0 bridgehead atoms. The Bertz CT molecular complexity index is 426. The summed E-state index contributed by atoms with van der Waals surface area (Å²) in [6.45, 7) is 0. The Balaban J connectivity index is 3.26. The van der Waals surface area contributed by atoms with Crippen LogP contribution in [0, 0.1) is 0 Å². The zero-order chi connectivity index (χ0) is 11.6. The third-order valence-corrected chi connectivity index (χ3v) is 1.88. The molecule has 82 valence electrons. The van der Waals surface area contributed by atoms with Crippen LogP contribution in [0.5, 0.6) is 0 Å². The molecule has 0 fully saturated rings. The molecule has 0 aliphatic carbocycles. The molecule has 3 nitrogen and oxygen atoms in total. The molecule has 0 aromatic heterocycles. The lowest BCUT2D eigenvalue weighted by molar-refractivity contribution is 0.112. The lowest BCUT2D eigenvalue weighted by Gasteiger charge is -1.99. The van der Waals surface area contributed by atoms with Gasteiger partial charge in [0.15, 0.2) is 6.29 Å². The summed E-state index contributed by atoms with van der Waals surface area (Å²) in [6.07, 6.45) is 2.36. The average molecular weight is 214 g/mol. The summed E-state index contributed by atoms with van der Waals surface area (Å²) in [6, 6.07) is 14.8. The number of nitrogens with one attached hydrogen (secondary N) is 1. The molecule has 0 aliphatic rings. The van der Waals surface area contributed by atoms with E-state index in [-0.39, 0.29) is 0 Å². The van der Waals surface area contributed by atoms with Crippen LogP contribution in [0.4, 0.5) is 5.69 Å². The monoisotopic (exact) mass is 214 g/mol. The highest BCUT2D eigenvalue weighted by molar-refractivity contribution is 5.88. The normalized spacial score (nSPS) is 9.56. The zero-order valence-electron chi connectivity index (χ0n) is 9.13. The van der Waals surface area contributed by atoms with Gasteiger partial charge < -0.3 is 5.32 Å². The molecule has 0 spiro atoms. The molecule has 1 N–H and O–H groups in total. The maximum atomic E-state index is 10.9. The molecule has 0 aliphatic heterocycles. The summed E-state index contributed by atoms with van der Waals surface area (Å²) >= 11 is 0. The van der Waals surface area contributed by atoms with Crippen LogP contribution < -0.4 is 5.32 Å². The maximum absolute atomic E-state index is 10.9. The Morgan fingerprint density at radius 2 is 1.69 bits per heavy atom. The van der Waals surface area contributed by atoms with E-state index >= 15 is 0 Å². The largest absolute Gasteiger partial charge is 0.346 e. The van der Waals surface area contributed by atoms with Crippen molar-refractivity contribution in [2.75, 3.05) is 12.4 Å². The van der Waals surface area contributed by atoms with Crippen molar-refractivity contribution in [3.63, 3.8) is 0 Å². The lowest BCUT2D eigenvalue weighted by Crippen LogP contribution is -1.96. The Morgan fingerprint density at radius 3 is 2.31 bits per heavy atom. The van der Waals surface area contributed by atoms with Gasteiger partial charge in [0.2, 0.25) is 0 Å². The summed E-state index contributed by atoms with van der Waals surface area (Å²) in [5.41, 5.74) is 1.30. The van der Waals surface area contributed by atoms with E-state index in [1.165, 1.54) is 0 Å². The number of rotatable bonds is 3. The molecule has 16 heavy (non-hydrogen) atoms.